The minimum atomic E-state index is -0.0323. The molecule has 0 saturated carbocycles. The van der Waals surface area contributed by atoms with Gasteiger partial charge in [0.1, 0.15) is 24.2 Å². The molecule has 1 aromatic heterocycles. The Kier molecular flexibility index (Phi) is 2.28. The van der Waals surface area contributed by atoms with Crippen LogP contribution in [0.3, 0.4) is 0 Å². The molecular formula is C10H10O4. The van der Waals surface area contributed by atoms with Crippen LogP contribution in [0.1, 0.15) is 0 Å². The topological polar surface area (TPSA) is 62.8 Å². The van der Waals surface area contributed by atoms with Crippen LogP contribution in [0.25, 0.3) is 11.0 Å². The van der Waals surface area contributed by atoms with Gasteiger partial charge in [-0.15, -0.1) is 0 Å². The Labute approximate surface area is 80.3 Å². The minimum Gasteiger partial charge on any atom is -0.504 e. The number of ether oxygens (including phenoxy) is 1. The molecule has 4 heteroatoms. The zero-order chi connectivity index (χ0) is 9.97. The van der Waals surface area contributed by atoms with Crippen molar-refractivity contribution in [2.75, 3.05) is 13.2 Å². The maximum atomic E-state index is 9.36. The first-order valence-electron chi connectivity index (χ1n) is 4.25. The molecule has 0 atom stereocenters. The molecule has 0 aliphatic carbocycles. The van der Waals surface area contributed by atoms with E-state index in [1.807, 2.05) is 0 Å². The van der Waals surface area contributed by atoms with Crippen LogP contribution in [-0.2, 0) is 0 Å². The number of rotatable bonds is 3. The molecular weight excluding hydrogens is 184 g/mol. The van der Waals surface area contributed by atoms with Crippen molar-refractivity contribution < 1.29 is 19.4 Å². The molecule has 1 aromatic carbocycles. The molecule has 0 unspecified atom stereocenters. The van der Waals surface area contributed by atoms with Crippen LogP contribution in [0.4, 0.5) is 0 Å². The number of fused-ring (bicyclic) bond motifs is 1. The van der Waals surface area contributed by atoms with Crippen molar-refractivity contribution in [3.8, 4) is 11.5 Å². The molecule has 2 rings (SSSR count). The molecule has 0 bridgehead atoms. The molecule has 0 aliphatic heterocycles. The molecule has 74 valence electrons. The summed E-state index contributed by atoms with van der Waals surface area (Å²) in [5, 5.41) is 18.5. The Bertz CT molecular complexity index is 433. The second-order valence-corrected chi connectivity index (χ2v) is 2.85. The maximum Gasteiger partial charge on any atom is 0.161 e. The summed E-state index contributed by atoms with van der Waals surface area (Å²) in [6.07, 6.45) is 1.28. The number of aromatic hydroxyl groups is 1. The standard InChI is InChI=1S/C10H10O4/c11-3-4-13-7-1-2-10-8(5-7)9(12)6-14-10/h1-2,5-6,11-12H,3-4H2. The van der Waals surface area contributed by atoms with Gasteiger partial charge >= 0.3 is 0 Å². The van der Waals surface area contributed by atoms with Gasteiger partial charge in [0.15, 0.2) is 5.75 Å². The fourth-order valence-electron chi connectivity index (χ4n) is 1.25. The summed E-state index contributed by atoms with van der Waals surface area (Å²) < 4.78 is 10.2. The minimum absolute atomic E-state index is 0.0323. The van der Waals surface area contributed by atoms with Crippen LogP contribution in [0, 0.1) is 0 Å². The molecule has 0 fully saturated rings. The maximum absolute atomic E-state index is 9.36. The van der Waals surface area contributed by atoms with E-state index in [9.17, 15) is 5.11 Å². The number of aliphatic hydroxyl groups excluding tert-OH is 1. The Morgan fingerprint density at radius 1 is 1.36 bits per heavy atom. The van der Waals surface area contributed by atoms with Crippen LogP contribution in [0.15, 0.2) is 28.9 Å². The van der Waals surface area contributed by atoms with Gasteiger partial charge in [-0.3, -0.25) is 0 Å². The van der Waals surface area contributed by atoms with Crippen LogP contribution in [-0.4, -0.2) is 23.4 Å². The molecule has 4 nitrogen and oxygen atoms in total. The predicted molar refractivity (Wildman–Crippen MR) is 50.5 cm³/mol. The molecule has 0 saturated heterocycles. The van der Waals surface area contributed by atoms with E-state index >= 15 is 0 Å². The van der Waals surface area contributed by atoms with E-state index in [2.05, 4.69) is 0 Å². The van der Waals surface area contributed by atoms with E-state index in [0.717, 1.165) is 0 Å². The lowest BCUT2D eigenvalue weighted by Crippen LogP contribution is -2.01. The van der Waals surface area contributed by atoms with Gasteiger partial charge in [-0.1, -0.05) is 0 Å². The van der Waals surface area contributed by atoms with Crippen molar-refractivity contribution in [1.29, 1.82) is 0 Å². The van der Waals surface area contributed by atoms with E-state index < -0.39 is 0 Å². The summed E-state index contributed by atoms with van der Waals surface area (Å²) in [4.78, 5) is 0. The Morgan fingerprint density at radius 3 is 3.00 bits per heavy atom. The average Bonchev–Trinajstić information content (AvgIpc) is 2.57. The molecule has 0 radical (unpaired) electrons. The molecule has 14 heavy (non-hydrogen) atoms. The van der Waals surface area contributed by atoms with E-state index in [-0.39, 0.29) is 19.0 Å². The summed E-state index contributed by atoms with van der Waals surface area (Å²) in [6.45, 7) is 0.208. The van der Waals surface area contributed by atoms with E-state index in [4.69, 9.17) is 14.3 Å². The van der Waals surface area contributed by atoms with Gasteiger partial charge < -0.3 is 19.4 Å². The first kappa shape index (κ1) is 8.90. The van der Waals surface area contributed by atoms with Crippen molar-refractivity contribution >= 4 is 11.0 Å². The van der Waals surface area contributed by atoms with E-state index in [1.54, 1.807) is 18.2 Å². The monoisotopic (exact) mass is 194 g/mol. The largest absolute Gasteiger partial charge is 0.504 e. The normalized spacial score (nSPS) is 10.6. The van der Waals surface area contributed by atoms with Crippen LogP contribution >= 0.6 is 0 Å². The summed E-state index contributed by atoms with van der Waals surface area (Å²) in [7, 11) is 0. The third-order valence-corrected chi connectivity index (χ3v) is 1.88. The van der Waals surface area contributed by atoms with Gasteiger partial charge in [-0.25, -0.2) is 0 Å². The van der Waals surface area contributed by atoms with Gasteiger partial charge in [0.25, 0.3) is 0 Å². The van der Waals surface area contributed by atoms with Gasteiger partial charge in [0.05, 0.1) is 12.0 Å². The highest BCUT2D eigenvalue weighted by Crippen LogP contribution is 2.29. The number of hydrogen-bond acceptors (Lipinski definition) is 4. The second-order valence-electron chi connectivity index (χ2n) is 2.85. The summed E-state index contributed by atoms with van der Waals surface area (Å²) in [5.41, 5.74) is 0.610. The quantitative estimate of drug-likeness (QED) is 0.777. The summed E-state index contributed by atoms with van der Waals surface area (Å²) in [6, 6.07) is 5.10. The number of hydrogen-bond donors (Lipinski definition) is 2. The van der Waals surface area contributed by atoms with Crippen molar-refractivity contribution in [3.63, 3.8) is 0 Å². The zero-order valence-electron chi connectivity index (χ0n) is 7.43. The molecule has 2 aromatic rings. The zero-order valence-corrected chi connectivity index (χ0v) is 7.43. The lowest BCUT2D eigenvalue weighted by atomic mass is 10.2. The average molecular weight is 194 g/mol. The van der Waals surface area contributed by atoms with E-state index in [1.165, 1.54) is 6.26 Å². The Hall–Kier alpha value is -1.68. The van der Waals surface area contributed by atoms with Crippen molar-refractivity contribution in [2.45, 2.75) is 0 Å². The summed E-state index contributed by atoms with van der Waals surface area (Å²) in [5.74, 6) is 0.692. The molecule has 0 amide bonds. The highest BCUT2D eigenvalue weighted by Gasteiger charge is 2.05. The van der Waals surface area contributed by atoms with Gasteiger partial charge in [-0.05, 0) is 18.2 Å². The molecule has 1 heterocycles. The fourth-order valence-corrected chi connectivity index (χ4v) is 1.25. The second kappa shape index (κ2) is 3.59. The Balaban J connectivity index is 2.34. The highest BCUT2D eigenvalue weighted by molar-refractivity contribution is 5.84. The van der Waals surface area contributed by atoms with Crippen molar-refractivity contribution in [3.05, 3.63) is 24.5 Å². The number of furan rings is 1. The van der Waals surface area contributed by atoms with Gasteiger partial charge in [0.2, 0.25) is 0 Å². The lowest BCUT2D eigenvalue weighted by molar-refractivity contribution is 0.201. The lowest BCUT2D eigenvalue weighted by Gasteiger charge is -2.02. The summed E-state index contributed by atoms with van der Waals surface area (Å²) >= 11 is 0. The van der Waals surface area contributed by atoms with Crippen LogP contribution in [0.2, 0.25) is 0 Å². The number of benzene rings is 1. The SMILES string of the molecule is OCCOc1ccc2occ(O)c2c1. The fraction of sp³-hybridized carbons (Fsp3) is 0.200. The molecule has 2 N–H and O–H groups in total. The first-order valence-corrected chi connectivity index (χ1v) is 4.25. The smallest absolute Gasteiger partial charge is 0.161 e. The van der Waals surface area contributed by atoms with Crippen molar-refractivity contribution in [2.24, 2.45) is 0 Å². The first-order chi connectivity index (χ1) is 6.81. The van der Waals surface area contributed by atoms with Crippen molar-refractivity contribution in [1.82, 2.24) is 0 Å². The Morgan fingerprint density at radius 2 is 2.21 bits per heavy atom. The predicted octanol–water partition coefficient (Wildman–Crippen LogP) is 1.51. The van der Waals surface area contributed by atoms with Gasteiger partial charge in [-0.2, -0.15) is 0 Å². The third kappa shape index (κ3) is 1.52. The van der Waals surface area contributed by atoms with E-state index in [0.29, 0.717) is 16.7 Å². The highest BCUT2D eigenvalue weighted by atomic mass is 16.5. The van der Waals surface area contributed by atoms with Gasteiger partial charge in [0, 0.05) is 0 Å². The third-order valence-electron chi connectivity index (χ3n) is 1.88. The molecule has 0 aliphatic rings. The van der Waals surface area contributed by atoms with Crippen LogP contribution in [0.5, 0.6) is 11.5 Å². The van der Waals surface area contributed by atoms with Crippen LogP contribution < -0.4 is 4.74 Å². The number of aliphatic hydroxyl groups is 1. The molecule has 0 spiro atoms.